The predicted octanol–water partition coefficient (Wildman–Crippen LogP) is 2.22. The van der Waals surface area contributed by atoms with Crippen LogP contribution in [0.5, 0.6) is 0 Å². The van der Waals surface area contributed by atoms with Gasteiger partial charge in [0.25, 0.3) is 0 Å². The Morgan fingerprint density at radius 3 is 2.60 bits per heavy atom. The second-order valence-electron chi connectivity index (χ2n) is 5.96. The van der Waals surface area contributed by atoms with Crippen LogP contribution in [0, 0.1) is 5.41 Å². The number of hydrogen-bond donors (Lipinski definition) is 1. The van der Waals surface area contributed by atoms with E-state index < -0.39 is 0 Å². The van der Waals surface area contributed by atoms with Gasteiger partial charge in [-0.2, -0.15) is 11.8 Å². The summed E-state index contributed by atoms with van der Waals surface area (Å²) in [6.07, 6.45) is 1.25. The lowest BCUT2D eigenvalue weighted by Crippen LogP contribution is -2.38. The van der Waals surface area contributed by atoms with Crippen LogP contribution in [0.25, 0.3) is 0 Å². The zero-order valence-electron chi connectivity index (χ0n) is 10.5. The first kappa shape index (κ1) is 13.3. The van der Waals surface area contributed by atoms with Crippen LogP contribution >= 0.6 is 11.8 Å². The van der Waals surface area contributed by atoms with E-state index in [0.717, 1.165) is 13.1 Å². The molecule has 1 aliphatic heterocycles. The molecule has 2 nitrogen and oxygen atoms in total. The van der Waals surface area contributed by atoms with Gasteiger partial charge in [-0.25, -0.2) is 0 Å². The third-order valence-corrected chi connectivity index (χ3v) is 4.38. The van der Waals surface area contributed by atoms with E-state index in [1.807, 2.05) is 0 Å². The second kappa shape index (κ2) is 5.07. The van der Waals surface area contributed by atoms with Crippen LogP contribution in [0.15, 0.2) is 0 Å². The van der Waals surface area contributed by atoms with Crippen molar-refractivity contribution in [3.63, 3.8) is 0 Å². The summed E-state index contributed by atoms with van der Waals surface area (Å²) in [6, 6.07) is 0. The van der Waals surface area contributed by atoms with Crippen LogP contribution in [-0.2, 0) is 0 Å². The van der Waals surface area contributed by atoms with Crippen molar-refractivity contribution in [1.82, 2.24) is 4.90 Å². The molecule has 0 aliphatic carbocycles. The van der Waals surface area contributed by atoms with Gasteiger partial charge in [-0.15, -0.1) is 0 Å². The minimum absolute atomic E-state index is 0.0408. The van der Waals surface area contributed by atoms with Crippen molar-refractivity contribution < 1.29 is 5.11 Å². The molecule has 0 aromatic heterocycles. The number of thioether (sulfide) groups is 1. The van der Waals surface area contributed by atoms with Gasteiger partial charge < -0.3 is 10.0 Å². The Balaban J connectivity index is 2.45. The van der Waals surface area contributed by atoms with Gasteiger partial charge in [0, 0.05) is 35.6 Å². The Hall–Kier alpha value is 0.270. The average molecular weight is 231 g/mol. The van der Waals surface area contributed by atoms with Crippen LogP contribution in [-0.4, -0.2) is 46.7 Å². The molecule has 0 aromatic rings. The van der Waals surface area contributed by atoms with Crippen molar-refractivity contribution in [2.75, 3.05) is 32.0 Å². The smallest absolute Gasteiger partial charge is 0.0494 e. The van der Waals surface area contributed by atoms with Crippen LogP contribution in [0.1, 0.15) is 34.1 Å². The van der Waals surface area contributed by atoms with E-state index in [9.17, 15) is 5.11 Å². The largest absolute Gasteiger partial charge is 0.396 e. The van der Waals surface area contributed by atoms with E-state index in [0.29, 0.717) is 4.75 Å². The van der Waals surface area contributed by atoms with Crippen molar-refractivity contribution in [3.05, 3.63) is 0 Å². The molecular formula is C12H25NOS. The molecule has 0 saturated carbocycles. The van der Waals surface area contributed by atoms with Gasteiger partial charge in [0.15, 0.2) is 0 Å². The normalized spacial score (nSPS) is 23.8. The number of hydrogen-bond acceptors (Lipinski definition) is 3. The van der Waals surface area contributed by atoms with Gasteiger partial charge >= 0.3 is 0 Å². The third-order valence-electron chi connectivity index (χ3n) is 3.01. The summed E-state index contributed by atoms with van der Waals surface area (Å²) in [4.78, 5) is 2.50. The fourth-order valence-corrected chi connectivity index (χ4v) is 3.01. The highest BCUT2D eigenvalue weighted by Crippen LogP contribution is 2.31. The van der Waals surface area contributed by atoms with E-state index in [4.69, 9.17) is 0 Å². The molecule has 0 unspecified atom stereocenters. The van der Waals surface area contributed by atoms with E-state index in [1.54, 1.807) is 0 Å². The van der Waals surface area contributed by atoms with Crippen molar-refractivity contribution in [1.29, 1.82) is 0 Å². The van der Waals surface area contributed by atoms with Gasteiger partial charge in [0.2, 0.25) is 0 Å². The zero-order chi connectivity index (χ0) is 11.5. The van der Waals surface area contributed by atoms with E-state index in [-0.39, 0.29) is 12.0 Å². The first-order valence-corrected chi connectivity index (χ1v) is 6.80. The highest BCUT2D eigenvalue weighted by Gasteiger charge is 2.27. The summed E-state index contributed by atoms with van der Waals surface area (Å²) in [5.41, 5.74) is 0.0408. The average Bonchev–Trinajstić information content (AvgIpc) is 2.28. The Bertz CT molecular complexity index is 204. The summed E-state index contributed by atoms with van der Waals surface area (Å²) >= 11 is 2.07. The highest BCUT2D eigenvalue weighted by atomic mass is 32.2. The maximum absolute atomic E-state index is 9.27. The predicted molar refractivity (Wildman–Crippen MR) is 68.5 cm³/mol. The van der Waals surface area contributed by atoms with Gasteiger partial charge in [-0.3, -0.25) is 0 Å². The van der Waals surface area contributed by atoms with Crippen LogP contribution in [0.4, 0.5) is 0 Å². The molecule has 1 rings (SSSR count). The lowest BCUT2D eigenvalue weighted by molar-refractivity contribution is 0.105. The molecule has 0 spiro atoms. The van der Waals surface area contributed by atoms with Crippen LogP contribution in [0.2, 0.25) is 0 Å². The maximum Gasteiger partial charge on any atom is 0.0494 e. The Morgan fingerprint density at radius 1 is 1.33 bits per heavy atom. The molecule has 1 fully saturated rings. The first-order valence-electron chi connectivity index (χ1n) is 5.82. The Labute approximate surface area is 98.4 Å². The second-order valence-corrected chi connectivity index (χ2v) is 7.76. The monoisotopic (exact) mass is 231 g/mol. The van der Waals surface area contributed by atoms with Crippen molar-refractivity contribution >= 4 is 11.8 Å². The number of rotatable bonds is 3. The van der Waals surface area contributed by atoms with E-state index >= 15 is 0 Å². The number of aliphatic hydroxyl groups excluding tert-OH is 1. The molecule has 0 atom stereocenters. The maximum atomic E-state index is 9.27. The van der Waals surface area contributed by atoms with Crippen molar-refractivity contribution in [2.24, 2.45) is 5.41 Å². The lowest BCUT2D eigenvalue weighted by Gasteiger charge is -2.30. The van der Waals surface area contributed by atoms with Crippen LogP contribution in [0.3, 0.4) is 0 Å². The first-order chi connectivity index (χ1) is 6.85. The zero-order valence-corrected chi connectivity index (χ0v) is 11.4. The molecule has 1 heterocycles. The van der Waals surface area contributed by atoms with Crippen molar-refractivity contribution in [2.45, 2.75) is 38.9 Å². The Morgan fingerprint density at radius 2 is 2.00 bits per heavy atom. The molecule has 3 heteroatoms. The van der Waals surface area contributed by atoms with Gasteiger partial charge in [0.1, 0.15) is 0 Å². The topological polar surface area (TPSA) is 23.5 Å². The summed E-state index contributed by atoms with van der Waals surface area (Å²) in [7, 11) is 0. The highest BCUT2D eigenvalue weighted by molar-refractivity contribution is 8.00. The molecule has 15 heavy (non-hydrogen) atoms. The SMILES string of the molecule is CC(C)(CO)CN1CCSC(C)(C)CC1. The summed E-state index contributed by atoms with van der Waals surface area (Å²) < 4.78 is 0.429. The molecule has 0 aromatic carbocycles. The third kappa shape index (κ3) is 4.75. The quantitative estimate of drug-likeness (QED) is 0.805. The van der Waals surface area contributed by atoms with Gasteiger partial charge in [-0.1, -0.05) is 27.7 Å². The molecule has 90 valence electrons. The van der Waals surface area contributed by atoms with E-state index in [1.165, 1.54) is 18.7 Å². The van der Waals surface area contributed by atoms with E-state index in [2.05, 4.69) is 44.4 Å². The molecule has 1 N–H and O–H groups in total. The molecule has 1 saturated heterocycles. The summed E-state index contributed by atoms with van der Waals surface area (Å²) in [5.74, 6) is 1.22. The molecule has 1 aliphatic rings. The fourth-order valence-electron chi connectivity index (χ4n) is 1.88. The lowest BCUT2D eigenvalue weighted by atomic mass is 9.94. The summed E-state index contributed by atoms with van der Waals surface area (Å²) in [5, 5.41) is 9.27. The molecular weight excluding hydrogens is 206 g/mol. The van der Waals surface area contributed by atoms with Gasteiger partial charge in [0.05, 0.1) is 0 Å². The molecule has 0 amide bonds. The van der Waals surface area contributed by atoms with Gasteiger partial charge in [-0.05, 0) is 13.0 Å². The fraction of sp³-hybridized carbons (Fsp3) is 1.00. The Kier molecular flexibility index (Phi) is 4.50. The minimum Gasteiger partial charge on any atom is -0.396 e. The minimum atomic E-state index is 0.0408. The van der Waals surface area contributed by atoms with Crippen LogP contribution < -0.4 is 0 Å². The molecule has 0 radical (unpaired) electrons. The molecule has 0 bridgehead atoms. The number of nitrogens with zero attached hydrogens (tertiary/aromatic N) is 1. The standard InChI is InChI=1S/C12H25NOS/c1-11(2,10-14)9-13-6-5-12(3,4)15-8-7-13/h14H,5-10H2,1-4H3. The van der Waals surface area contributed by atoms with Crippen molar-refractivity contribution in [3.8, 4) is 0 Å². The summed E-state index contributed by atoms with van der Waals surface area (Å²) in [6.45, 7) is 12.6. The number of aliphatic hydroxyl groups is 1.